The van der Waals surface area contributed by atoms with Crippen LogP contribution < -0.4 is 0 Å². The third kappa shape index (κ3) is 2.09. The van der Waals surface area contributed by atoms with Crippen LogP contribution >= 0.6 is 0 Å². The molecule has 1 heteroatoms. The Bertz CT molecular complexity index is 496. The SMILES string of the molecule is CC[C@@H]1CCC2[C@@H]1CC[C@H]1[C@@]2(C)CCC2C(C)(C)[C@@H](O)CC[C@@]21C. The van der Waals surface area contributed by atoms with Gasteiger partial charge in [-0.05, 0) is 97.2 Å². The summed E-state index contributed by atoms with van der Waals surface area (Å²) in [6.45, 7) is 12.4. The summed E-state index contributed by atoms with van der Waals surface area (Å²) < 4.78 is 0. The maximum Gasteiger partial charge on any atom is 0.0594 e. The Kier molecular flexibility index (Phi) is 3.97. The predicted octanol–water partition coefficient (Wildman–Crippen LogP) is 6.05. The number of aliphatic hydroxyl groups is 1. The molecule has 0 aliphatic heterocycles. The van der Waals surface area contributed by atoms with E-state index in [1.54, 1.807) is 0 Å². The van der Waals surface area contributed by atoms with E-state index in [0.29, 0.717) is 16.7 Å². The summed E-state index contributed by atoms with van der Waals surface area (Å²) in [7, 11) is 0. The van der Waals surface area contributed by atoms with Crippen molar-refractivity contribution in [3.63, 3.8) is 0 Å². The molecule has 138 valence electrons. The average molecular weight is 333 g/mol. The Morgan fingerprint density at radius 3 is 2.21 bits per heavy atom. The van der Waals surface area contributed by atoms with Gasteiger partial charge in [-0.1, -0.05) is 41.0 Å². The maximum atomic E-state index is 10.7. The molecule has 0 spiro atoms. The van der Waals surface area contributed by atoms with E-state index >= 15 is 0 Å². The van der Waals surface area contributed by atoms with Crippen LogP contribution in [0.5, 0.6) is 0 Å². The van der Waals surface area contributed by atoms with Crippen molar-refractivity contribution in [3.8, 4) is 0 Å². The van der Waals surface area contributed by atoms with Crippen molar-refractivity contribution >= 4 is 0 Å². The fourth-order valence-corrected chi connectivity index (χ4v) is 8.95. The van der Waals surface area contributed by atoms with Gasteiger partial charge in [-0.3, -0.25) is 0 Å². The van der Waals surface area contributed by atoms with Gasteiger partial charge in [-0.2, -0.15) is 0 Å². The van der Waals surface area contributed by atoms with E-state index in [4.69, 9.17) is 0 Å². The molecule has 0 saturated heterocycles. The van der Waals surface area contributed by atoms with E-state index in [1.807, 2.05) is 0 Å². The van der Waals surface area contributed by atoms with Crippen molar-refractivity contribution in [2.24, 2.45) is 45.8 Å². The van der Waals surface area contributed by atoms with Gasteiger partial charge in [-0.15, -0.1) is 0 Å². The van der Waals surface area contributed by atoms with E-state index < -0.39 is 0 Å². The molecular weight excluding hydrogens is 292 g/mol. The lowest BCUT2D eigenvalue weighted by Crippen LogP contribution is -2.61. The Hall–Kier alpha value is -0.0400. The quantitative estimate of drug-likeness (QED) is 0.619. The van der Waals surface area contributed by atoms with Gasteiger partial charge < -0.3 is 5.11 Å². The zero-order valence-electron chi connectivity index (χ0n) is 16.8. The monoisotopic (exact) mass is 332 g/mol. The average Bonchev–Trinajstić information content (AvgIpc) is 2.95. The van der Waals surface area contributed by atoms with Crippen molar-refractivity contribution in [2.75, 3.05) is 0 Å². The standard InChI is InChI=1S/C23H40O/c1-6-15-7-9-17-16(15)8-10-19-22(17,4)13-11-18-21(2,3)20(24)12-14-23(18,19)5/h15-20,24H,6-14H2,1-5H3/t15-,16-,17?,18?,19+,20+,22+,23+/m1/s1. The van der Waals surface area contributed by atoms with Crippen LogP contribution in [0.3, 0.4) is 0 Å². The Labute approximate surface area is 150 Å². The molecule has 4 aliphatic carbocycles. The van der Waals surface area contributed by atoms with Gasteiger partial charge in [0.2, 0.25) is 0 Å². The van der Waals surface area contributed by atoms with Crippen molar-refractivity contribution in [2.45, 2.75) is 98.5 Å². The summed E-state index contributed by atoms with van der Waals surface area (Å²) >= 11 is 0. The first-order valence-corrected chi connectivity index (χ1v) is 10.9. The lowest BCUT2D eigenvalue weighted by atomic mass is 9.38. The molecule has 0 aromatic heterocycles. The highest BCUT2D eigenvalue weighted by molar-refractivity contribution is 5.13. The molecule has 0 aromatic carbocycles. The fraction of sp³-hybridized carbons (Fsp3) is 1.00. The van der Waals surface area contributed by atoms with Crippen LogP contribution in [0, 0.1) is 45.8 Å². The number of hydrogen-bond acceptors (Lipinski definition) is 1. The maximum absolute atomic E-state index is 10.7. The largest absolute Gasteiger partial charge is 0.393 e. The number of aliphatic hydroxyl groups excluding tert-OH is 1. The minimum Gasteiger partial charge on any atom is -0.393 e. The van der Waals surface area contributed by atoms with E-state index in [0.717, 1.165) is 30.1 Å². The van der Waals surface area contributed by atoms with Gasteiger partial charge >= 0.3 is 0 Å². The second-order valence-corrected chi connectivity index (χ2v) is 11.1. The minimum absolute atomic E-state index is 0.0905. The van der Waals surface area contributed by atoms with Gasteiger partial charge in [0.15, 0.2) is 0 Å². The molecule has 8 atom stereocenters. The summed E-state index contributed by atoms with van der Waals surface area (Å²) in [6, 6.07) is 0. The van der Waals surface area contributed by atoms with Crippen LogP contribution in [0.25, 0.3) is 0 Å². The smallest absolute Gasteiger partial charge is 0.0594 e. The second-order valence-electron chi connectivity index (χ2n) is 11.1. The van der Waals surface area contributed by atoms with E-state index in [9.17, 15) is 5.11 Å². The zero-order chi connectivity index (χ0) is 17.3. The van der Waals surface area contributed by atoms with Crippen LogP contribution in [0.15, 0.2) is 0 Å². The summed E-state index contributed by atoms with van der Waals surface area (Å²) in [5.74, 6) is 4.65. The molecule has 0 aromatic rings. The first-order chi connectivity index (χ1) is 11.2. The van der Waals surface area contributed by atoms with E-state index in [-0.39, 0.29) is 11.5 Å². The summed E-state index contributed by atoms with van der Waals surface area (Å²) in [4.78, 5) is 0. The Balaban J connectivity index is 1.68. The van der Waals surface area contributed by atoms with Crippen molar-refractivity contribution in [3.05, 3.63) is 0 Å². The van der Waals surface area contributed by atoms with Gasteiger partial charge in [0.05, 0.1) is 6.10 Å². The predicted molar refractivity (Wildman–Crippen MR) is 101 cm³/mol. The van der Waals surface area contributed by atoms with Crippen LogP contribution in [-0.4, -0.2) is 11.2 Å². The third-order valence-corrected chi connectivity index (χ3v) is 10.2. The number of hydrogen-bond donors (Lipinski definition) is 1. The lowest BCUT2D eigenvalue weighted by molar-refractivity contribution is -0.199. The van der Waals surface area contributed by atoms with Gasteiger partial charge in [0.25, 0.3) is 0 Å². The molecule has 0 bridgehead atoms. The zero-order valence-corrected chi connectivity index (χ0v) is 16.8. The summed E-state index contributed by atoms with van der Waals surface area (Å²) in [6.07, 6.45) is 12.3. The number of rotatable bonds is 1. The highest BCUT2D eigenvalue weighted by Gasteiger charge is 2.64. The highest BCUT2D eigenvalue weighted by atomic mass is 16.3. The normalized spacial score (nSPS) is 56.2. The van der Waals surface area contributed by atoms with E-state index in [2.05, 4.69) is 34.6 Å². The van der Waals surface area contributed by atoms with E-state index in [1.165, 1.54) is 51.4 Å². The molecule has 4 fully saturated rings. The molecule has 1 nitrogen and oxygen atoms in total. The van der Waals surface area contributed by atoms with Crippen LogP contribution in [-0.2, 0) is 0 Å². The minimum atomic E-state index is -0.0905. The Morgan fingerprint density at radius 1 is 0.792 bits per heavy atom. The van der Waals surface area contributed by atoms with Gasteiger partial charge in [0, 0.05) is 0 Å². The molecule has 2 unspecified atom stereocenters. The molecule has 0 radical (unpaired) electrons. The van der Waals surface area contributed by atoms with Crippen molar-refractivity contribution in [1.82, 2.24) is 0 Å². The number of fused-ring (bicyclic) bond motifs is 5. The topological polar surface area (TPSA) is 20.2 Å². The lowest BCUT2D eigenvalue weighted by Gasteiger charge is -2.67. The second kappa shape index (κ2) is 5.48. The first kappa shape index (κ1) is 17.4. The third-order valence-electron chi connectivity index (χ3n) is 10.2. The van der Waals surface area contributed by atoms with Crippen molar-refractivity contribution < 1.29 is 5.11 Å². The molecule has 4 aliphatic rings. The van der Waals surface area contributed by atoms with Gasteiger partial charge in [0.1, 0.15) is 0 Å². The molecule has 1 N–H and O–H groups in total. The highest BCUT2D eigenvalue weighted by Crippen LogP contribution is 2.71. The Morgan fingerprint density at radius 2 is 1.50 bits per heavy atom. The van der Waals surface area contributed by atoms with Crippen LogP contribution in [0.4, 0.5) is 0 Å². The molecule has 0 heterocycles. The van der Waals surface area contributed by atoms with Gasteiger partial charge in [-0.25, -0.2) is 0 Å². The summed E-state index contributed by atoms with van der Waals surface area (Å²) in [5.41, 5.74) is 1.15. The van der Waals surface area contributed by atoms with Crippen LogP contribution in [0.2, 0.25) is 0 Å². The fourth-order valence-electron chi connectivity index (χ4n) is 8.95. The molecule has 24 heavy (non-hydrogen) atoms. The van der Waals surface area contributed by atoms with Crippen molar-refractivity contribution in [1.29, 1.82) is 0 Å². The first-order valence-electron chi connectivity index (χ1n) is 10.9. The molecular formula is C23H40O. The summed E-state index contributed by atoms with van der Waals surface area (Å²) in [5, 5.41) is 10.7. The molecule has 0 amide bonds. The molecule has 4 rings (SSSR count). The molecule has 4 saturated carbocycles. The van der Waals surface area contributed by atoms with Crippen LogP contribution in [0.1, 0.15) is 92.4 Å².